The minimum atomic E-state index is -2.58. The SMILES string of the molecule is O=C1N=C(N(Cc2cnc(Cl)c(Cl)c2)CC(F)F)CO1. The third kappa shape index (κ3) is 3.77. The molecular formula is C11H9Cl2F2N3O2. The van der Waals surface area contributed by atoms with Crippen molar-refractivity contribution < 1.29 is 18.3 Å². The molecule has 0 radical (unpaired) electrons. The molecule has 0 aromatic carbocycles. The van der Waals surface area contributed by atoms with E-state index in [1.165, 1.54) is 17.2 Å². The number of ether oxygens (including phenoxy) is 1. The van der Waals surface area contributed by atoms with Crippen LogP contribution in [0.25, 0.3) is 0 Å². The van der Waals surface area contributed by atoms with Gasteiger partial charge in [0.1, 0.15) is 5.15 Å². The molecular weight excluding hydrogens is 315 g/mol. The molecule has 1 aliphatic rings. The molecule has 2 rings (SSSR count). The van der Waals surface area contributed by atoms with Gasteiger partial charge in [0.15, 0.2) is 12.4 Å². The first-order valence-corrected chi connectivity index (χ1v) is 6.28. The molecule has 0 spiro atoms. The summed E-state index contributed by atoms with van der Waals surface area (Å²) in [6.07, 6.45) is -1.94. The summed E-state index contributed by atoms with van der Waals surface area (Å²) in [5.74, 6) is 0.154. The Morgan fingerprint density at radius 1 is 1.45 bits per heavy atom. The Balaban J connectivity index is 2.17. The fourth-order valence-corrected chi connectivity index (χ4v) is 1.95. The molecule has 2 heterocycles. The minimum absolute atomic E-state index is 0.0731. The molecule has 108 valence electrons. The molecule has 9 heteroatoms. The number of aromatic nitrogens is 1. The van der Waals surface area contributed by atoms with Crippen molar-refractivity contribution in [2.75, 3.05) is 13.2 Å². The van der Waals surface area contributed by atoms with Crippen molar-refractivity contribution >= 4 is 35.1 Å². The molecule has 20 heavy (non-hydrogen) atoms. The maximum Gasteiger partial charge on any atom is 0.435 e. The Morgan fingerprint density at radius 2 is 2.20 bits per heavy atom. The largest absolute Gasteiger partial charge is 0.440 e. The van der Waals surface area contributed by atoms with E-state index in [0.717, 1.165) is 0 Å². The number of nitrogens with zero attached hydrogens (tertiary/aromatic N) is 3. The molecule has 1 amide bonds. The Hall–Kier alpha value is -1.47. The second kappa shape index (κ2) is 6.32. The molecule has 0 saturated carbocycles. The molecule has 0 atom stereocenters. The first-order valence-electron chi connectivity index (χ1n) is 5.53. The lowest BCUT2D eigenvalue weighted by Gasteiger charge is -2.23. The molecule has 0 N–H and O–H groups in total. The van der Waals surface area contributed by atoms with Crippen molar-refractivity contribution in [1.82, 2.24) is 9.88 Å². The van der Waals surface area contributed by atoms with Crippen molar-refractivity contribution in [3.05, 3.63) is 28.0 Å². The molecule has 5 nitrogen and oxygen atoms in total. The fourth-order valence-electron chi connectivity index (χ4n) is 1.65. The lowest BCUT2D eigenvalue weighted by molar-refractivity contribution is 0.112. The summed E-state index contributed by atoms with van der Waals surface area (Å²) in [7, 11) is 0. The fraction of sp³-hybridized carbons (Fsp3) is 0.364. The van der Waals surface area contributed by atoms with E-state index in [4.69, 9.17) is 23.2 Å². The van der Waals surface area contributed by atoms with Crippen LogP contribution in [0, 0.1) is 0 Å². The maximum atomic E-state index is 12.6. The van der Waals surface area contributed by atoms with E-state index in [9.17, 15) is 13.6 Å². The van der Waals surface area contributed by atoms with E-state index in [2.05, 4.69) is 14.7 Å². The predicted molar refractivity (Wildman–Crippen MR) is 69.5 cm³/mol. The number of rotatable bonds is 4. The van der Waals surface area contributed by atoms with Gasteiger partial charge < -0.3 is 9.64 Å². The highest BCUT2D eigenvalue weighted by Gasteiger charge is 2.24. The number of carbonyl (C=O) groups excluding carboxylic acids is 1. The van der Waals surface area contributed by atoms with Gasteiger partial charge in [0.2, 0.25) is 0 Å². The zero-order chi connectivity index (χ0) is 14.7. The van der Waals surface area contributed by atoms with Gasteiger partial charge in [-0.2, -0.15) is 4.99 Å². The molecule has 1 aliphatic heterocycles. The Bertz CT molecular complexity index is 554. The number of hydrogen-bond donors (Lipinski definition) is 0. The molecule has 0 fully saturated rings. The molecule has 0 unspecified atom stereocenters. The average molecular weight is 324 g/mol. The van der Waals surface area contributed by atoms with Crippen LogP contribution >= 0.6 is 23.2 Å². The Labute approximate surface area is 123 Å². The monoisotopic (exact) mass is 323 g/mol. The van der Waals surface area contributed by atoms with Gasteiger partial charge in [0, 0.05) is 12.7 Å². The number of alkyl halides is 2. The average Bonchev–Trinajstić information content (AvgIpc) is 2.79. The van der Waals surface area contributed by atoms with Gasteiger partial charge in [-0.1, -0.05) is 23.2 Å². The van der Waals surface area contributed by atoms with Gasteiger partial charge in [0.05, 0.1) is 11.6 Å². The zero-order valence-electron chi connectivity index (χ0n) is 10.0. The Morgan fingerprint density at radius 3 is 2.75 bits per heavy atom. The van der Waals surface area contributed by atoms with Crippen LogP contribution in [0.15, 0.2) is 17.3 Å². The van der Waals surface area contributed by atoms with E-state index in [-0.39, 0.29) is 29.2 Å². The quantitative estimate of drug-likeness (QED) is 0.799. The number of aliphatic imine (C=N–C) groups is 1. The van der Waals surface area contributed by atoms with E-state index in [1.807, 2.05) is 0 Å². The summed E-state index contributed by atoms with van der Waals surface area (Å²) in [6, 6.07) is 1.52. The number of pyridine rings is 1. The summed E-state index contributed by atoms with van der Waals surface area (Å²) in [6.45, 7) is -0.625. The minimum Gasteiger partial charge on any atom is -0.440 e. The predicted octanol–water partition coefficient (Wildman–Crippen LogP) is 3.00. The maximum absolute atomic E-state index is 12.6. The topological polar surface area (TPSA) is 54.8 Å². The van der Waals surface area contributed by atoms with Crippen molar-refractivity contribution in [1.29, 1.82) is 0 Å². The standard InChI is InChI=1S/C11H9Cl2F2N3O2/c12-7-1-6(2-16-10(7)13)3-18(4-8(14)15)9-5-20-11(19)17-9/h1-2,8H,3-5H2. The van der Waals surface area contributed by atoms with Gasteiger partial charge in [0.25, 0.3) is 6.43 Å². The molecule has 0 saturated heterocycles. The summed E-state index contributed by atoms with van der Waals surface area (Å²) in [4.78, 5) is 19.5. The van der Waals surface area contributed by atoms with E-state index < -0.39 is 19.1 Å². The van der Waals surface area contributed by atoms with Crippen LogP contribution in [0.1, 0.15) is 5.56 Å². The van der Waals surface area contributed by atoms with Crippen LogP contribution < -0.4 is 0 Å². The summed E-state index contributed by atoms with van der Waals surface area (Å²) in [5.41, 5.74) is 0.571. The van der Waals surface area contributed by atoms with Gasteiger partial charge >= 0.3 is 6.09 Å². The van der Waals surface area contributed by atoms with Crippen LogP contribution in [0.3, 0.4) is 0 Å². The number of hydrogen-bond acceptors (Lipinski definition) is 4. The third-order valence-electron chi connectivity index (χ3n) is 2.49. The van der Waals surface area contributed by atoms with Crippen molar-refractivity contribution in [2.45, 2.75) is 13.0 Å². The number of halogens is 4. The number of amidine groups is 1. The lowest BCUT2D eigenvalue weighted by atomic mass is 10.2. The first kappa shape index (κ1) is 14.9. The van der Waals surface area contributed by atoms with Crippen LogP contribution in [0.5, 0.6) is 0 Å². The van der Waals surface area contributed by atoms with Crippen LogP contribution in [-0.2, 0) is 11.3 Å². The smallest absolute Gasteiger partial charge is 0.435 e. The highest BCUT2D eigenvalue weighted by atomic mass is 35.5. The molecule has 0 bridgehead atoms. The highest BCUT2D eigenvalue weighted by molar-refractivity contribution is 6.41. The molecule has 1 aromatic rings. The van der Waals surface area contributed by atoms with Crippen LogP contribution in [0.4, 0.5) is 13.6 Å². The van der Waals surface area contributed by atoms with Crippen LogP contribution in [-0.4, -0.2) is 41.4 Å². The first-order chi connectivity index (χ1) is 9.45. The van der Waals surface area contributed by atoms with Crippen molar-refractivity contribution in [3.63, 3.8) is 0 Å². The van der Waals surface area contributed by atoms with E-state index in [1.54, 1.807) is 0 Å². The zero-order valence-corrected chi connectivity index (χ0v) is 11.5. The summed E-state index contributed by atoms with van der Waals surface area (Å²) >= 11 is 11.5. The second-order valence-corrected chi connectivity index (χ2v) is 4.74. The number of carbonyl (C=O) groups is 1. The van der Waals surface area contributed by atoms with Gasteiger partial charge in [-0.15, -0.1) is 0 Å². The normalized spacial score (nSPS) is 14.4. The van der Waals surface area contributed by atoms with Gasteiger partial charge in [-0.25, -0.2) is 18.6 Å². The molecule has 1 aromatic heterocycles. The van der Waals surface area contributed by atoms with Crippen molar-refractivity contribution in [3.8, 4) is 0 Å². The highest BCUT2D eigenvalue weighted by Crippen LogP contribution is 2.21. The Kier molecular flexibility index (Phi) is 4.72. The number of cyclic esters (lactones) is 1. The summed E-state index contributed by atoms with van der Waals surface area (Å²) in [5, 5.41) is 0.356. The lowest BCUT2D eigenvalue weighted by Crippen LogP contribution is -2.35. The summed E-state index contributed by atoms with van der Waals surface area (Å²) < 4.78 is 29.8. The van der Waals surface area contributed by atoms with Crippen molar-refractivity contribution in [2.24, 2.45) is 4.99 Å². The number of amides is 1. The van der Waals surface area contributed by atoms with E-state index in [0.29, 0.717) is 5.56 Å². The van der Waals surface area contributed by atoms with E-state index >= 15 is 0 Å². The third-order valence-corrected chi connectivity index (χ3v) is 3.18. The molecule has 0 aliphatic carbocycles. The second-order valence-electron chi connectivity index (χ2n) is 3.97. The van der Waals surface area contributed by atoms with Crippen LogP contribution in [0.2, 0.25) is 10.2 Å². The van der Waals surface area contributed by atoms with Gasteiger partial charge in [-0.3, -0.25) is 0 Å². The van der Waals surface area contributed by atoms with Gasteiger partial charge in [-0.05, 0) is 11.6 Å².